The van der Waals surface area contributed by atoms with Crippen LogP contribution in [0.2, 0.25) is 0 Å². The lowest BCUT2D eigenvalue weighted by atomic mass is 10.1. The molecule has 2 aromatic carbocycles. The largest absolute Gasteiger partial charge is 0.502 e. The molecule has 5 aromatic rings. The lowest BCUT2D eigenvalue weighted by Gasteiger charge is -2.09. The summed E-state index contributed by atoms with van der Waals surface area (Å²) >= 11 is 0. The number of methoxy groups -OCH3 is 2. The zero-order chi connectivity index (χ0) is 20.8. The molecule has 0 fully saturated rings. The average molecular weight is 402 g/mol. The molecule has 1 N–H and O–H groups in total. The normalized spacial score (nSPS) is 11.3. The minimum absolute atomic E-state index is 0.0732. The molecule has 150 valence electrons. The second-order valence-corrected chi connectivity index (χ2v) is 6.81. The number of benzene rings is 2. The Labute approximate surface area is 171 Å². The molecule has 0 bridgehead atoms. The summed E-state index contributed by atoms with van der Waals surface area (Å²) in [4.78, 5) is 9.21. The number of fused-ring (bicyclic) bond motifs is 3. The minimum Gasteiger partial charge on any atom is -0.502 e. The number of rotatable bonds is 4. The van der Waals surface area contributed by atoms with Crippen LogP contribution in [0.25, 0.3) is 33.8 Å². The average Bonchev–Trinajstić information content (AvgIpc) is 3.38. The first-order valence-electron chi connectivity index (χ1n) is 9.20. The van der Waals surface area contributed by atoms with Gasteiger partial charge >= 0.3 is 0 Å². The third-order valence-corrected chi connectivity index (χ3v) is 4.92. The Bertz CT molecular complexity index is 1360. The van der Waals surface area contributed by atoms with Gasteiger partial charge in [0.05, 0.1) is 31.5 Å². The quantitative estimate of drug-likeness (QED) is 0.493. The van der Waals surface area contributed by atoms with Gasteiger partial charge in [-0.3, -0.25) is 0 Å². The molecule has 0 aliphatic rings. The summed E-state index contributed by atoms with van der Waals surface area (Å²) < 4.78 is 13.8. The highest BCUT2D eigenvalue weighted by molar-refractivity contribution is 5.90. The van der Waals surface area contributed by atoms with E-state index < -0.39 is 0 Å². The van der Waals surface area contributed by atoms with Crippen LogP contribution in [0.1, 0.15) is 5.56 Å². The Balaban J connectivity index is 1.67. The van der Waals surface area contributed by atoms with E-state index in [9.17, 15) is 5.11 Å². The molecule has 3 heterocycles. The number of nitrogens with zero attached hydrogens (tertiary/aromatic N) is 6. The van der Waals surface area contributed by atoms with Crippen molar-refractivity contribution >= 4 is 16.7 Å². The van der Waals surface area contributed by atoms with Crippen molar-refractivity contribution in [1.29, 1.82) is 0 Å². The Hall–Kier alpha value is -4.14. The van der Waals surface area contributed by atoms with Gasteiger partial charge in [0.2, 0.25) is 5.75 Å². The zero-order valence-electron chi connectivity index (χ0n) is 16.6. The number of ether oxygens (including phenoxy) is 2. The molecule has 0 aliphatic carbocycles. The van der Waals surface area contributed by atoms with E-state index in [1.165, 1.54) is 19.8 Å². The van der Waals surface area contributed by atoms with Gasteiger partial charge in [-0.25, -0.2) is 19.2 Å². The fourth-order valence-corrected chi connectivity index (χ4v) is 3.34. The van der Waals surface area contributed by atoms with Crippen molar-refractivity contribution in [2.24, 2.45) is 0 Å². The second kappa shape index (κ2) is 6.73. The molecule has 9 heteroatoms. The summed E-state index contributed by atoms with van der Waals surface area (Å²) in [5, 5.41) is 19.9. The molecule has 0 aliphatic heterocycles. The molecule has 0 radical (unpaired) electrons. The summed E-state index contributed by atoms with van der Waals surface area (Å²) in [6, 6.07) is 11.4. The monoisotopic (exact) mass is 402 g/mol. The Kier molecular flexibility index (Phi) is 4.02. The van der Waals surface area contributed by atoms with Crippen LogP contribution in [-0.4, -0.2) is 48.7 Å². The topological polar surface area (TPSA) is 99.6 Å². The van der Waals surface area contributed by atoms with Gasteiger partial charge in [-0.05, 0) is 31.2 Å². The first-order chi connectivity index (χ1) is 14.6. The van der Waals surface area contributed by atoms with Crippen LogP contribution in [0, 0.1) is 6.92 Å². The number of aromatic nitrogens is 6. The first kappa shape index (κ1) is 17.9. The number of hydrogen-bond acceptors (Lipinski definition) is 7. The molecule has 30 heavy (non-hydrogen) atoms. The van der Waals surface area contributed by atoms with Crippen LogP contribution < -0.4 is 9.47 Å². The lowest BCUT2D eigenvalue weighted by molar-refractivity contribution is 0.340. The molecule has 9 nitrogen and oxygen atoms in total. The van der Waals surface area contributed by atoms with Crippen molar-refractivity contribution < 1.29 is 14.6 Å². The third-order valence-electron chi connectivity index (χ3n) is 4.92. The number of hydrogen-bond donors (Lipinski definition) is 1. The predicted octanol–water partition coefficient (Wildman–Crippen LogP) is 3.16. The highest BCUT2D eigenvalue weighted by Gasteiger charge is 2.18. The summed E-state index contributed by atoms with van der Waals surface area (Å²) in [5.74, 6) is 0.928. The van der Waals surface area contributed by atoms with E-state index in [0.29, 0.717) is 22.7 Å². The third kappa shape index (κ3) is 2.71. The van der Waals surface area contributed by atoms with Gasteiger partial charge < -0.3 is 14.6 Å². The first-order valence-corrected chi connectivity index (χ1v) is 9.20. The fourth-order valence-electron chi connectivity index (χ4n) is 3.34. The molecular formula is C21H18N6O3. The van der Waals surface area contributed by atoms with E-state index in [1.54, 1.807) is 33.9 Å². The number of aryl methyl sites for hydroxylation is 1. The lowest BCUT2D eigenvalue weighted by Crippen LogP contribution is -1.98. The van der Waals surface area contributed by atoms with E-state index in [-0.39, 0.29) is 17.2 Å². The molecular weight excluding hydrogens is 384 g/mol. The van der Waals surface area contributed by atoms with Crippen LogP contribution in [0.4, 0.5) is 0 Å². The molecule has 5 rings (SSSR count). The van der Waals surface area contributed by atoms with Gasteiger partial charge in [0, 0.05) is 5.56 Å². The van der Waals surface area contributed by atoms with Crippen LogP contribution in [0.3, 0.4) is 0 Å². The van der Waals surface area contributed by atoms with E-state index in [2.05, 4.69) is 20.2 Å². The second-order valence-electron chi connectivity index (χ2n) is 6.81. The number of aromatic hydroxyl groups is 1. The summed E-state index contributed by atoms with van der Waals surface area (Å²) in [6.07, 6.45) is 3.34. The highest BCUT2D eigenvalue weighted by Crippen LogP contribution is 2.39. The van der Waals surface area contributed by atoms with Crippen molar-refractivity contribution in [2.45, 2.75) is 6.92 Å². The van der Waals surface area contributed by atoms with Crippen LogP contribution in [0.5, 0.6) is 17.2 Å². The molecule has 0 atom stereocenters. The highest BCUT2D eigenvalue weighted by atomic mass is 16.5. The van der Waals surface area contributed by atoms with E-state index in [4.69, 9.17) is 9.47 Å². The van der Waals surface area contributed by atoms with Crippen molar-refractivity contribution in [3.8, 4) is 34.3 Å². The van der Waals surface area contributed by atoms with Gasteiger partial charge in [-0.15, -0.1) is 5.10 Å². The summed E-state index contributed by atoms with van der Waals surface area (Å²) in [5.41, 5.74) is 4.04. The van der Waals surface area contributed by atoms with Crippen molar-refractivity contribution in [3.05, 3.63) is 54.5 Å². The Morgan fingerprint density at radius 2 is 1.67 bits per heavy atom. The van der Waals surface area contributed by atoms with Crippen LogP contribution >= 0.6 is 0 Å². The van der Waals surface area contributed by atoms with Gasteiger partial charge in [0.1, 0.15) is 6.33 Å². The maximum atomic E-state index is 10.2. The molecule has 0 amide bonds. The predicted molar refractivity (Wildman–Crippen MR) is 110 cm³/mol. The Morgan fingerprint density at radius 1 is 0.967 bits per heavy atom. The van der Waals surface area contributed by atoms with Gasteiger partial charge in [-0.2, -0.15) is 5.10 Å². The summed E-state index contributed by atoms with van der Waals surface area (Å²) in [6.45, 7) is 2.04. The molecule has 3 aromatic heterocycles. The Morgan fingerprint density at radius 3 is 2.33 bits per heavy atom. The molecule has 0 saturated heterocycles. The van der Waals surface area contributed by atoms with Gasteiger partial charge in [0.25, 0.3) is 0 Å². The van der Waals surface area contributed by atoms with Crippen LogP contribution in [-0.2, 0) is 0 Å². The molecule has 0 saturated carbocycles. The molecule has 0 spiro atoms. The smallest absolute Gasteiger partial charge is 0.200 e. The minimum atomic E-state index is -0.0732. The fraction of sp³-hybridized carbons (Fsp3) is 0.143. The standard InChI is InChI=1S/C21H18N6O3/c1-12-4-6-14(7-5-12)27-20-15(10-23-27)21-24-19(25-26(21)11-22-20)13-8-16(29-2)18(28)17(9-13)30-3/h4-11,28H,1-3H3. The van der Waals surface area contributed by atoms with E-state index in [0.717, 1.165) is 11.1 Å². The SMILES string of the molecule is COc1cc(-c2nc3c4cnn(-c5ccc(C)cc5)c4ncn3n2)cc(OC)c1O. The molecule has 0 unspecified atom stereocenters. The van der Waals surface area contributed by atoms with Gasteiger partial charge in [-0.1, -0.05) is 17.7 Å². The number of phenols is 1. The maximum absolute atomic E-state index is 10.2. The zero-order valence-corrected chi connectivity index (χ0v) is 16.6. The van der Waals surface area contributed by atoms with Crippen molar-refractivity contribution in [2.75, 3.05) is 14.2 Å². The van der Waals surface area contributed by atoms with Crippen molar-refractivity contribution in [1.82, 2.24) is 29.4 Å². The van der Waals surface area contributed by atoms with E-state index in [1.807, 2.05) is 31.2 Å². The van der Waals surface area contributed by atoms with E-state index >= 15 is 0 Å². The number of phenolic OH excluding ortho intramolecular Hbond substituents is 1. The van der Waals surface area contributed by atoms with Gasteiger partial charge in [0.15, 0.2) is 28.6 Å². The maximum Gasteiger partial charge on any atom is 0.200 e. The summed E-state index contributed by atoms with van der Waals surface area (Å²) in [7, 11) is 2.95. The van der Waals surface area contributed by atoms with Crippen molar-refractivity contribution in [3.63, 3.8) is 0 Å². The van der Waals surface area contributed by atoms with Crippen LogP contribution in [0.15, 0.2) is 48.9 Å².